The van der Waals surface area contributed by atoms with Crippen LogP contribution >= 0.6 is 15.9 Å². The van der Waals surface area contributed by atoms with E-state index >= 15 is 0 Å². The summed E-state index contributed by atoms with van der Waals surface area (Å²) in [6.45, 7) is 9.35. The quantitative estimate of drug-likeness (QED) is 0.763. The maximum Gasteiger partial charge on any atom is 0.122 e. The van der Waals surface area contributed by atoms with E-state index in [9.17, 15) is 0 Å². The van der Waals surface area contributed by atoms with Crippen LogP contribution < -0.4 is 10.5 Å². The Labute approximate surface area is 131 Å². The molecule has 1 atom stereocenters. The van der Waals surface area contributed by atoms with Gasteiger partial charge in [-0.05, 0) is 57.4 Å². The van der Waals surface area contributed by atoms with E-state index in [1.54, 1.807) is 0 Å². The van der Waals surface area contributed by atoms with Crippen LogP contribution in [0.3, 0.4) is 0 Å². The lowest BCUT2D eigenvalue weighted by molar-refractivity contribution is -0.0164. The molecule has 1 rings (SSSR count). The fourth-order valence-corrected chi connectivity index (χ4v) is 2.18. The highest BCUT2D eigenvalue weighted by Crippen LogP contribution is 2.24. The van der Waals surface area contributed by atoms with Crippen molar-refractivity contribution in [3.63, 3.8) is 0 Å². The number of nitrogens with two attached hydrogens (primary N) is 1. The van der Waals surface area contributed by atoms with Gasteiger partial charge in [0.15, 0.2) is 0 Å². The highest BCUT2D eigenvalue weighted by molar-refractivity contribution is 9.10. The van der Waals surface area contributed by atoms with Crippen LogP contribution in [0.1, 0.15) is 39.7 Å². The molecule has 0 saturated carbocycles. The van der Waals surface area contributed by atoms with Crippen LogP contribution in [-0.2, 0) is 11.2 Å². The average Bonchev–Trinajstić information content (AvgIpc) is 2.35. The minimum Gasteiger partial charge on any atom is -0.491 e. The van der Waals surface area contributed by atoms with Gasteiger partial charge in [0.1, 0.15) is 12.4 Å². The van der Waals surface area contributed by atoms with E-state index in [0.717, 1.165) is 28.6 Å². The Morgan fingerprint density at radius 2 is 1.95 bits per heavy atom. The number of ether oxygens (including phenoxy) is 2. The van der Waals surface area contributed by atoms with Crippen molar-refractivity contribution in [2.24, 2.45) is 5.73 Å². The van der Waals surface area contributed by atoms with E-state index in [4.69, 9.17) is 15.2 Å². The third kappa shape index (κ3) is 6.73. The van der Waals surface area contributed by atoms with Gasteiger partial charge < -0.3 is 15.2 Å². The normalized spacial score (nSPS) is 13.3. The van der Waals surface area contributed by atoms with Crippen molar-refractivity contribution in [2.75, 3.05) is 13.2 Å². The third-order valence-corrected chi connectivity index (χ3v) is 3.40. The van der Waals surface area contributed by atoms with Crippen molar-refractivity contribution >= 4 is 15.9 Å². The van der Waals surface area contributed by atoms with Gasteiger partial charge >= 0.3 is 0 Å². The van der Waals surface area contributed by atoms with Gasteiger partial charge in [-0.15, -0.1) is 0 Å². The predicted octanol–water partition coefficient (Wildman–Crippen LogP) is 3.92. The molecule has 0 amide bonds. The molecule has 114 valence electrons. The van der Waals surface area contributed by atoms with Crippen molar-refractivity contribution < 1.29 is 9.47 Å². The first-order chi connectivity index (χ1) is 9.31. The molecule has 0 saturated heterocycles. The summed E-state index contributed by atoms with van der Waals surface area (Å²) in [4.78, 5) is 0. The monoisotopic (exact) mass is 343 g/mol. The second-order valence-corrected chi connectivity index (χ2v) is 6.85. The molecule has 0 heterocycles. The molecule has 3 nitrogen and oxygen atoms in total. The molecule has 1 aromatic carbocycles. The Morgan fingerprint density at radius 1 is 1.25 bits per heavy atom. The number of hydrogen-bond donors (Lipinski definition) is 1. The maximum absolute atomic E-state index is 6.04. The molecule has 1 unspecified atom stereocenters. The summed E-state index contributed by atoms with van der Waals surface area (Å²) >= 11 is 3.50. The Hall–Kier alpha value is -0.580. The molecular weight excluding hydrogens is 318 g/mol. The number of hydrogen-bond acceptors (Lipinski definition) is 3. The topological polar surface area (TPSA) is 44.5 Å². The summed E-state index contributed by atoms with van der Waals surface area (Å²) in [5.74, 6) is 0.898. The summed E-state index contributed by atoms with van der Waals surface area (Å²) in [6.07, 6.45) is 1.78. The van der Waals surface area contributed by atoms with Crippen molar-refractivity contribution in [2.45, 2.75) is 52.2 Å². The lowest BCUT2D eigenvalue weighted by Crippen LogP contribution is -2.23. The minimum atomic E-state index is -0.129. The van der Waals surface area contributed by atoms with Crippen LogP contribution in [0.15, 0.2) is 22.7 Å². The van der Waals surface area contributed by atoms with Gasteiger partial charge in [-0.3, -0.25) is 0 Å². The molecule has 2 N–H and O–H groups in total. The lowest BCUT2D eigenvalue weighted by Gasteiger charge is -2.20. The molecule has 0 bridgehead atoms. The summed E-state index contributed by atoms with van der Waals surface area (Å²) < 4.78 is 12.5. The summed E-state index contributed by atoms with van der Waals surface area (Å²) in [5.41, 5.74) is 7.05. The Kier molecular flexibility index (Phi) is 7.00. The standard InChI is InChI=1S/C16H26BrNO2/c1-5-14(18)11-12-10-13(17)6-7-15(12)19-8-9-20-16(2,3)4/h6-7,10,14H,5,8-9,11,18H2,1-4H3. The minimum absolute atomic E-state index is 0.129. The van der Waals surface area contributed by atoms with E-state index in [0.29, 0.717) is 13.2 Å². The van der Waals surface area contributed by atoms with Crippen molar-refractivity contribution in [1.82, 2.24) is 0 Å². The average molecular weight is 344 g/mol. The van der Waals surface area contributed by atoms with Gasteiger partial charge in [-0.25, -0.2) is 0 Å². The van der Waals surface area contributed by atoms with Crippen LogP contribution in [0.5, 0.6) is 5.75 Å². The molecule has 20 heavy (non-hydrogen) atoms. The van der Waals surface area contributed by atoms with Crippen molar-refractivity contribution in [1.29, 1.82) is 0 Å². The van der Waals surface area contributed by atoms with Crippen LogP contribution in [0.2, 0.25) is 0 Å². The fourth-order valence-electron chi connectivity index (χ4n) is 1.77. The van der Waals surface area contributed by atoms with Crippen LogP contribution in [0.4, 0.5) is 0 Å². The highest BCUT2D eigenvalue weighted by Gasteiger charge is 2.11. The number of rotatable bonds is 7. The number of benzene rings is 1. The molecule has 0 aliphatic heterocycles. The van der Waals surface area contributed by atoms with Gasteiger partial charge in [0.25, 0.3) is 0 Å². The van der Waals surface area contributed by atoms with E-state index < -0.39 is 0 Å². The highest BCUT2D eigenvalue weighted by atomic mass is 79.9. The largest absolute Gasteiger partial charge is 0.491 e. The Morgan fingerprint density at radius 3 is 2.55 bits per heavy atom. The van der Waals surface area contributed by atoms with Crippen LogP contribution in [0, 0.1) is 0 Å². The zero-order valence-electron chi connectivity index (χ0n) is 12.9. The molecule has 0 aliphatic carbocycles. The molecule has 0 fully saturated rings. The summed E-state index contributed by atoms with van der Waals surface area (Å²) in [6, 6.07) is 6.22. The first kappa shape index (κ1) is 17.5. The van der Waals surface area contributed by atoms with Gasteiger partial charge in [-0.2, -0.15) is 0 Å². The zero-order valence-corrected chi connectivity index (χ0v) is 14.5. The zero-order chi connectivity index (χ0) is 15.2. The van der Waals surface area contributed by atoms with Crippen molar-refractivity contribution in [3.05, 3.63) is 28.2 Å². The number of halogens is 1. The van der Waals surface area contributed by atoms with Crippen molar-refractivity contribution in [3.8, 4) is 5.75 Å². The van der Waals surface area contributed by atoms with E-state index in [1.165, 1.54) is 0 Å². The van der Waals surface area contributed by atoms with Gasteiger partial charge in [0.05, 0.1) is 12.2 Å². The molecule has 0 aliphatic rings. The van der Waals surface area contributed by atoms with Gasteiger partial charge in [0, 0.05) is 10.5 Å². The Balaban J connectivity index is 2.60. The first-order valence-electron chi connectivity index (χ1n) is 7.12. The predicted molar refractivity (Wildman–Crippen MR) is 87.3 cm³/mol. The second kappa shape index (κ2) is 8.01. The van der Waals surface area contributed by atoms with E-state index in [1.807, 2.05) is 32.9 Å². The van der Waals surface area contributed by atoms with Crippen LogP contribution in [-0.4, -0.2) is 24.9 Å². The smallest absolute Gasteiger partial charge is 0.122 e. The SMILES string of the molecule is CCC(N)Cc1cc(Br)ccc1OCCOC(C)(C)C. The molecule has 0 radical (unpaired) electrons. The first-order valence-corrected chi connectivity index (χ1v) is 7.92. The molecular formula is C16H26BrNO2. The van der Waals surface area contributed by atoms with E-state index in [-0.39, 0.29) is 11.6 Å². The lowest BCUT2D eigenvalue weighted by atomic mass is 10.0. The third-order valence-electron chi connectivity index (χ3n) is 2.90. The second-order valence-electron chi connectivity index (χ2n) is 5.93. The van der Waals surface area contributed by atoms with E-state index in [2.05, 4.69) is 28.9 Å². The molecule has 0 aromatic heterocycles. The summed E-state index contributed by atoms with van der Waals surface area (Å²) in [7, 11) is 0. The van der Waals surface area contributed by atoms with Crippen LogP contribution in [0.25, 0.3) is 0 Å². The van der Waals surface area contributed by atoms with Gasteiger partial charge in [0.2, 0.25) is 0 Å². The Bertz CT molecular complexity index is 415. The molecule has 4 heteroatoms. The summed E-state index contributed by atoms with van der Waals surface area (Å²) in [5, 5.41) is 0. The molecule has 1 aromatic rings. The molecule has 0 spiro atoms. The maximum atomic E-state index is 6.04. The van der Waals surface area contributed by atoms with Gasteiger partial charge in [-0.1, -0.05) is 22.9 Å². The fraction of sp³-hybridized carbons (Fsp3) is 0.625.